The summed E-state index contributed by atoms with van der Waals surface area (Å²) >= 11 is 1.36. The molecule has 0 saturated heterocycles. The molecule has 0 N–H and O–H groups in total. The molecule has 0 fully saturated rings. The van der Waals surface area contributed by atoms with Gasteiger partial charge in [-0.3, -0.25) is 9.36 Å². The summed E-state index contributed by atoms with van der Waals surface area (Å²) in [6, 6.07) is 7.33. The lowest BCUT2D eigenvalue weighted by Gasteiger charge is -2.13. The van der Waals surface area contributed by atoms with E-state index < -0.39 is 0 Å². The third-order valence-electron chi connectivity index (χ3n) is 4.38. The molecular weight excluding hydrogens is 352 g/mol. The van der Waals surface area contributed by atoms with Crippen LogP contribution in [-0.2, 0) is 0 Å². The van der Waals surface area contributed by atoms with E-state index in [2.05, 4.69) is 9.97 Å². The lowest BCUT2D eigenvalue weighted by molar-refractivity contribution is 0.174. The number of hydrogen-bond donors (Lipinski definition) is 0. The molecule has 0 radical (unpaired) electrons. The number of rotatable bonds is 2. The van der Waals surface area contributed by atoms with Gasteiger partial charge in [-0.25, -0.2) is 9.97 Å². The second-order valence-electron chi connectivity index (χ2n) is 6.14. The molecule has 130 valence electrons. The number of pyridine rings is 1. The van der Waals surface area contributed by atoms with Crippen molar-refractivity contribution in [3.63, 3.8) is 0 Å². The Morgan fingerprint density at radius 2 is 2.00 bits per heavy atom. The zero-order valence-electron chi connectivity index (χ0n) is 14.1. The Morgan fingerprint density at radius 3 is 2.85 bits per heavy atom. The van der Waals surface area contributed by atoms with Crippen LogP contribution in [0.1, 0.15) is 0 Å². The van der Waals surface area contributed by atoms with E-state index in [0.29, 0.717) is 27.4 Å². The fraction of sp³-hybridized carbons (Fsp3) is 0.167. The molecule has 8 heteroatoms. The molecule has 4 aromatic rings. The second-order valence-corrected chi connectivity index (χ2v) is 7.14. The van der Waals surface area contributed by atoms with Gasteiger partial charge in [-0.1, -0.05) is 0 Å². The summed E-state index contributed by atoms with van der Waals surface area (Å²) in [4.78, 5) is 24.9. The monoisotopic (exact) mass is 366 g/mol. The Labute approximate surface area is 152 Å². The molecule has 0 unspecified atom stereocenters. The molecule has 0 atom stereocenters. The molecule has 5 rings (SSSR count). The molecule has 3 aromatic heterocycles. The normalized spacial score (nSPS) is 12.8. The van der Waals surface area contributed by atoms with Gasteiger partial charge in [0.25, 0.3) is 5.56 Å². The Bertz CT molecular complexity index is 1230. The molecule has 0 spiro atoms. The summed E-state index contributed by atoms with van der Waals surface area (Å²) in [5.74, 6) is 1.31. The van der Waals surface area contributed by atoms with Crippen molar-refractivity contribution in [2.24, 2.45) is 0 Å². The maximum Gasteiger partial charge on any atom is 0.275 e. The highest BCUT2D eigenvalue weighted by molar-refractivity contribution is 7.25. The lowest BCUT2D eigenvalue weighted by Crippen LogP contribution is -2.17. The topological polar surface area (TPSA) is 69.5 Å². The fourth-order valence-electron chi connectivity index (χ4n) is 3.13. The van der Waals surface area contributed by atoms with E-state index in [1.165, 1.54) is 15.9 Å². The van der Waals surface area contributed by atoms with Gasteiger partial charge >= 0.3 is 0 Å². The summed E-state index contributed by atoms with van der Waals surface area (Å²) < 4.78 is 12.8. The van der Waals surface area contributed by atoms with Gasteiger partial charge in [0.15, 0.2) is 11.5 Å². The van der Waals surface area contributed by atoms with Gasteiger partial charge in [0, 0.05) is 26.4 Å². The van der Waals surface area contributed by atoms with Crippen LogP contribution in [0.25, 0.3) is 26.1 Å². The van der Waals surface area contributed by atoms with Crippen molar-refractivity contribution in [3.8, 4) is 17.2 Å². The van der Waals surface area contributed by atoms with Crippen LogP contribution in [0.5, 0.6) is 11.5 Å². The van der Waals surface area contributed by atoms with Crippen LogP contribution in [0.4, 0.5) is 5.69 Å². The first-order valence-electron chi connectivity index (χ1n) is 8.00. The van der Waals surface area contributed by atoms with Crippen molar-refractivity contribution < 1.29 is 9.47 Å². The van der Waals surface area contributed by atoms with Gasteiger partial charge in [0.1, 0.15) is 15.9 Å². The first-order valence-corrected chi connectivity index (χ1v) is 8.81. The summed E-state index contributed by atoms with van der Waals surface area (Å²) in [6.07, 6.45) is 3.31. The summed E-state index contributed by atoms with van der Waals surface area (Å²) in [5.41, 5.74) is 2.24. The quantitative estimate of drug-likeness (QED) is 0.543. The van der Waals surface area contributed by atoms with E-state index in [-0.39, 0.29) is 12.4 Å². The van der Waals surface area contributed by atoms with E-state index in [9.17, 15) is 4.79 Å². The molecule has 0 aliphatic carbocycles. The van der Waals surface area contributed by atoms with E-state index in [1.807, 2.05) is 31.1 Å². The third-order valence-corrected chi connectivity index (χ3v) is 5.45. The fourth-order valence-corrected chi connectivity index (χ4v) is 4.18. The van der Waals surface area contributed by atoms with Crippen LogP contribution in [-0.4, -0.2) is 35.4 Å². The van der Waals surface area contributed by atoms with Crippen LogP contribution in [0.3, 0.4) is 0 Å². The number of fused-ring (bicyclic) bond motifs is 4. The summed E-state index contributed by atoms with van der Waals surface area (Å²) in [6.45, 7) is 0.195. The molecule has 0 saturated carbocycles. The zero-order chi connectivity index (χ0) is 17.8. The highest BCUT2D eigenvalue weighted by atomic mass is 32.1. The van der Waals surface area contributed by atoms with Crippen molar-refractivity contribution >= 4 is 37.5 Å². The minimum atomic E-state index is -0.124. The van der Waals surface area contributed by atoms with Gasteiger partial charge in [-0.05, 0) is 18.2 Å². The van der Waals surface area contributed by atoms with E-state index in [0.717, 1.165) is 15.9 Å². The largest absolute Gasteiger partial charge is 0.454 e. The van der Waals surface area contributed by atoms with E-state index in [4.69, 9.17) is 9.47 Å². The van der Waals surface area contributed by atoms with Crippen LogP contribution < -0.4 is 19.9 Å². The maximum atomic E-state index is 13.1. The predicted octanol–water partition coefficient (Wildman–Crippen LogP) is 2.79. The van der Waals surface area contributed by atoms with Crippen LogP contribution >= 0.6 is 11.3 Å². The number of hydrogen-bond acceptors (Lipinski definition) is 7. The van der Waals surface area contributed by atoms with Gasteiger partial charge in [0.2, 0.25) is 6.79 Å². The third kappa shape index (κ3) is 2.08. The number of benzene rings is 1. The summed E-state index contributed by atoms with van der Waals surface area (Å²) in [7, 11) is 3.93. The lowest BCUT2D eigenvalue weighted by atomic mass is 10.2. The van der Waals surface area contributed by atoms with E-state index >= 15 is 0 Å². The average molecular weight is 366 g/mol. The summed E-state index contributed by atoms with van der Waals surface area (Å²) in [5, 5.41) is 0.910. The number of nitrogens with zero attached hydrogens (tertiary/aromatic N) is 4. The van der Waals surface area contributed by atoms with Crippen molar-refractivity contribution in [2.75, 3.05) is 25.8 Å². The van der Waals surface area contributed by atoms with Crippen LogP contribution in [0.15, 0.2) is 41.6 Å². The SMILES string of the molecule is CN(C)c1ccnc2sc3c(=O)n(-c4ccc5c(c4)OCO5)cnc3c12. The van der Waals surface area contributed by atoms with E-state index in [1.54, 1.807) is 24.7 Å². The molecule has 1 aromatic carbocycles. The maximum absolute atomic E-state index is 13.1. The molecule has 1 aliphatic rings. The van der Waals surface area contributed by atoms with Gasteiger partial charge in [-0.15, -0.1) is 11.3 Å². The van der Waals surface area contributed by atoms with Gasteiger partial charge in [0.05, 0.1) is 22.3 Å². The van der Waals surface area contributed by atoms with Gasteiger partial charge < -0.3 is 14.4 Å². The number of ether oxygens (including phenoxy) is 2. The Morgan fingerprint density at radius 1 is 1.15 bits per heavy atom. The standard InChI is InChI=1S/C18H14N4O3S/c1-21(2)11-5-6-19-17-14(11)15-16(26-17)18(23)22(8-20-15)10-3-4-12-13(7-10)25-9-24-12/h3-8H,9H2,1-2H3. The van der Waals surface area contributed by atoms with Crippen molar-refractivity contribution in [1.82, 2.24) is 14.5 Å². The molecule has 0 amide bonds. The minimum Gasteiger partial charge on any atom is -0.454 e. The molecule has 0 bridgehead atoms. The first-order chi connectivity index (χ1) is 12.6. The Balaban J connectivity index is 1.77. The van der Waals surface area contributed by atoms with Crippen molar-refractivity contribution in [3.05, 3.63) is 47.1 Å². The predicted molar refractivity (Wildman–Crippen MR) is 101 cm³/mol. The van der Waals surface area contributed by atoms with Crippen LogP contribution in [0, 0.1) is 0 Å². The molecule has 1 aliphatic heterocycles. The highest BCUT2D eigenvalue weighted by Gasteiger charge is 2.18. The molecule has 7 nitrogen and oxygen atoms in total. The minimum absolute atomic E-state index is 0.124. The smallest absolute Gasteiger partial charge is 0.275 e. The zero-order valence-corrected chi connectivity index (χ0v) is 14.9. The van der Waals surface area contributed by atoms with Crippen molar-refractivity contribution in [2.45, 2.75) is 0 Å². The molecular formula is C18H14N4O3S. The van der Waals surface area contributed by atoms with Crippen molar-refractivity contribution in [1.29, 1.82) is 0 Å². The second kappa shape index (κ2) is 5.43. The number of thiophene rings is 1. The van der Waals surface area contributed by atoms with Crippen LogP contribution in [0.2, 0.25) is 0 Å². The average Bonchev–Trinajstić information content (AvgIpc) is 3.25. The first kappa shape index (κ1) is 15.2. The Kier molecular flexibility index (Phi) is 3.17. The Hall–Kier alpha value is -3.13. The number of anilines is 1. The highest BCUT2D eigenvalue weighted by Crippen LogP contribution is 2.36. The number of aromatic nitrogens is 3. The molecule has 4 heterocycles. The molecule has 26 heavy (non-hydrogen) atoms. The van der Waals surface area contributed by atoms with Gasteiger partial charge in [-0.2, -0.15) is 0 Å².